The first-order chi connectivity index (χ1) is 9.31. The Hall–Kier alpha value is -2.82. The van der Waals surface area contributed by atoms with Gasteiger partial charge in [-0.25, -0.2) is 9.78 Å². The average molecular weight is 252 g/mol. The molecule has 4 aromatic rings. The molecule has 1 aromatic carbocycles. The molecule has 5 heteroatoms. The molecule has 0 amide bonds. The number of hydrogen-bond acceptors (Lipinski definition) is 4. The minimum absolute atomic E-state index is 0.367. The highest BCUT2D eigenvalue weighted by atomic mass is 16.4. The van der Waals surface area contributed by atoms with Gasteiger partial charge in [0, 0.05) is 11.5 Å². The smallest absolute Gasteiger partial charge is 0.336 e. The van der Waals surface area contributed by atoms with Crippen molar-refractivity contribution in [1.29, 1.82) is 0 Å². The second-order valence-electron chi connectivity index (χ2n) is 4.19. The standard InChI is InChI=1S/C14H8N2O3/c17-12-6-3-8-10(19-12)5-4-9-13(8)16-14(15-9)11-2-1-7-18-11/h1-7H,(H,15,16). The van der Waals surface area contributed by atoms with Crippen LogP contribution in [0, 0.1) is 0 Å². The minimum atomic E-state index is -0.367. The third-order valence-electron chi connectivity index (χ3n) is 3.00. The lowest BCUT2D eigenvalue weighted by atomic mass is 10.2. The summed E-state index contributed by atoms with van der Waals surface area (Å²) < 4.78 is 10.4. The van der Waals surface area contributed by atoms with Gasteiger partial charge in [-0.3, -0.25) is 0 Å². The largest absolute Gasteiger partial charge is 0.461 e. The molecule has 0 spiro atoms. The molecule has 0 saturated carbocycles. The Morgan fingerprint density at radius 2 is 2.05 bits per heavy atom. The second kappa shape index (κ2) is 3.58. The highest BCUT2D eigenvalue weighted by molar-refractivity contribution is 6.02. The maximum atomic E-state index is 11.2. The maximum absolute atomic E-state index is 11.2. The van der Waals surface area contributed by atoms with Crippen LogP contribution in [0.25, 0.3) is 33.6 Å². The van der Waals surface area contributed by atoms with E-state index in [0.717, 1.165) is 16.4 Å². The fraction of sp³-hybridized carbons (Fsp3) is 0. The van der Waals surface area contributed by atoms with Crippen molar-refractivity contribution in [2.45, 2.75) is 0 Å². The SMILES string of the molecule is O=c1ccc2c(ccc3[nH]c(-c4ccco4)nc32)o1. The Morgan fingerprint density at radius 3 is 2.89 bits per heavy atom. The van der Waals surface area contributed by atoms with E-state index in [1.807, 2.05) is 12.1 Å². The van der Waals surface area contributed by atoms with Gasteiger partial charge in [0.1, 0.15) is 11.1 Å². The van der Waals surface area contributed by atoms with E-state index in [2.05, 4.69) is 9.97 Å². The minimum Gasteiger partial charge on any atom is -0.461 e. The number of H-pyrrole nitrogens is 1. The van der Waals surface area contributed by atoms with E-state index in [9.17, 15) is 4.79 Å². The monoisotopic (exact) mass is 252 g/mol. The van der Waals surface area contributed by atoms with Crippen LogP contribution < -0.4 is 5.63 Å². The van der Waals surface area contributed by atoms with E-state index in [1.165, 1.54) is 6.07 Å². The molecule has 92 valence electrons. The number of nitrogens with zero attached hydrogens (tertiary/aromatic N) is 1. The number of aromatic amines is 1. The van der Waals surface area contributed by atoms with Gasteiger partial charge >= 0.3 is 5.63 Å². The van der Waals surface area contributed by atoms with Gasteiger partial charge in [0.15, 0.2) is 11.6 Å². The van der Waals surface area contributed by atoms with Crippen LogP contribution in [0.4, 0.5) is 0 Å². The number of imidazole rings is 1. The predicted molar refractivity (Wildman–Crippen MR) is 69.8 cm³/mol. The molecular weight excluding hydrogens is 244 g/mol. The summed E-state index contributed by atoms with van der Waals surface area (Å²) >= 11 is 0. The summed E-state index contributed by atoms with van der Waals surface area (Å²) in [6.45, 7) is 0. The third-order valence-corrected chi connectivity index (χ3v) is 3.00. The summed E-state index contributed by atoms with van der Waals surface area (Å²) in [5, 5.41) is 0.797. The molecule has 3 aromatic heterocycles. The van der Waals surface area contributed by atoms with Gasteiger partial charge in [-0.1, -0.05) is 0 Å². The number of hydrogen-bond donors (Lipinski definition) is 1. The van der Waals surface area contributed by atoms with Gasteiger partial charge in [-0.15, -0.1) is 0 Å². The quantitative estimate of drug-likeness (QED) is 0.528. The fourth-order valence-corrected chi connectivity index (χ4v) is 2.15. The summed E-state index contributed by atoms with van der Waals surface area (Å²) in [5.74, 6) is 1.32. The van der Waals surface area contributed by atoms with Crippen molar-refractivity contribution in [3.05, 3.63) is 53.1 Å². The predicted octanol–water partition coefficient (Wildman–Crippen LogP) is 2.93. The van der Waals surface area contributed by atoms with E-state index in [1.54, 1.807) is 24.5 Å². The molecule has 0 aliphatic rings. The van der Waals surface area contributed by atoms with Crippen molar-refractivity contribution in [2.24, 2.45) is 0 Å². The lowest BCUT2D eigenvalue weighted by Crippen LogP contribution is -1.94. The summed E-state index contributed by atoms with van der Waals surface area (Å²) in [5.41, 5.74) is 1.78. The van der Waals surface area contributed by atoms with E-state index in [-0.39, 0.29) is 5.63 Å². The van der Waals surface area contributed by atoms with Crippen LogP contribution in [-0.2, 0) is 0 Å². The van der Waals surface area contributed by atoms with E-state index >= 15 is 0 Å². The van der Waals surface area contributed by atoms with Crippen LogP contribution in [0.5, 0.6) is 0 Å². The van der Waals surface area contributed by atoms with Gasteiger partial charge in [0.25, 0.3) is 0 Å². The van der Waals surface area contributed by atoms with Crippen LogP contribution in [0.2, 0.25) is 0 Å². The first-order valence-corrected chi connectivity index (χ1v) is 5.78. The van der Waals surface area contributed by atoms with Crippen LogP contribution in [0.15, 0.2) is 56.3 Å². The Bertz CT molecular complexity index is 932. The second-order valence-corrected chi connectivity index (χ2v) is 4.19. The number of furan rings is 1. The van der Waals surface area contributed by atoms with Crippen molar-refractivity contribution in [2.75, 3.05) is 0 Å². The Kier molecular flexibility index (Phi) is 1.91. The normalized spacial score (nSPS) is 11.4. The lowest BCUT2D eigenvalue weighted by molar-refractivity contribution is 0.561. The molecule has 5 nitrogen and oxygen atoms in total. The molecule has 19 heavy (non-hydrogen) atoms. The number of aromatic nitrogens is 2. The Morgan fingerprint density at radius 1 is 1.11 bits per heavy atom. The van der Waals surface area contributed by atoms with Gasteiger partial charge in [-0.05, 0) is 30.3 Å². The van der Waals surface area contributed by atoms with Gasteiger partial charge in [0.05, 0.1) is 11.8 Å². The molecule has 4 rings (SSSR count). The van der Waals surface area contributed by atoms with Crippen molar-refractivity contribution < 1.29 is 8.83 Å². The van der Waals surface area contributed by atoms with Crippen molar-refractivity contribution in [1.82, 2.24) is 9.97 Å². The zero-order valence-corrected chi connectivity index (χ0v) is 9.71. The maximum Gasteiger partial charge on any atom is 0.336 e. The molecular formula is C14H8N2O3. The lowest BCUT2D eigenvalue weighted by Gasteiger charge is -1.95. The zero-order chi connectivity index (χ0) is 12.8. The molecule has 0 unspecified atom stereocenters. The highest BCUT2D eigenvalue weighted by Crippen LogP contribution is 2.26. The van der Waals surface area contributed by atoms with Crippen LogP contribution in [0.1, 0.15) is 0 Å². The summed E-state index contributed by atoms with van der Waals surface area (Å²) in [7, 11) is 0. The molecule has 0 fully saturated rings. The third kappa shape index (κ3) is 1.48. The molecule has 3 heterocycles. The molecule has 0 radical (unpaired) electrons. The van der Waals surface area contributed by atoms with Crippen LogP contribution in [0.3, 0.4) is 0 Å². The summed E-state index contributed by atoms with van der Waals surface area (Å²) in [6, 6.07) is 10.3. The molecule has 0 aliphatic carbocycles. The molecule has 1 N–H and O–H groups in total. The van der Waals surface area contributed by atoms with Crippen molar-refractivity contribution in [3.63, 3.8) is 0 Å². The van der Waals surface area contributed by atoms with E-state index in [0.29, 0.717) is 17.2 Å². The van der Waals surface area contributed by atoms with Crippen LogP contribution in [-0.4, -0.2) is 9.97 Å². The first-order valence-electron chi connectivity index (χ1n) is 5.78. The first kappa shape index (κ1) is 10.1. The van der Waals surface area contributed by atoms with Gasteiger partial charge in [0.2, 0.25) is 0 Å². The molecule has 0 atom stereocenters. The zero-order valence-electron chi connectivity index (χ0n) is 9.71. The number of benzene rings is 1. The van der Waals surface area contributed by atoms with E-state index < -0.39 is 0 Å². The van der Waals surface area contributed by atoms with Gasteiger partial charge < -0.3 is 13.8 Å². The number of rotatable bonds is 1. The highest BCUT2D eigenvalue weighted by Gasteiger charge is 2.11. The topological polar surface area (TPSA) is 72.0 Å². The number of fused-ring (bicyclic) bond motifs is 3. The van der Waals surface area contributed by atoms with Gasteiger partial charge in [-0.2, -0.15) is 0 Å². The molecule has 0 aliphatic heterocycles. The fourth-order valence-electron chi connectivity index (χ4n) is 2.15. The van der Waals surface area contributed by atoms with Crippen molar-refractivity contribution in [3.8, 4) is 11.6 Å². The summed E-state index contributed by atoms with van der Waals surface area (Å²) in [4.78, 5) is 18.9. The Balaban J connectivity index is 2.08. The Labute approximate surface area is 106 Å². The van der Waals surface area contributed by atoms with E-state index in [4.69, 9.17) is 8.83 Å². The molecule has 0 bridgehead atoms. The van der Waals surface area contributed by atoms with Crippen molar-refractivity contribution >= 4 is 22.0 Å². The average Bonchev–Trinajstić information content (AvgIpc) is 3.06. The summed E-state index contributed by atoms with van der Waals surface area (Å²) in [6.07, 6.45) is 1.60. The molecule has 0 saturated heterocycles. The number of nitrogens with one attached hydrogen (secondary N) is 1. The van der Waals surface area contributed by atoms with Crippen LogP contribution >= 0.6 is 0 Å².